The first kappa shape index (κ1) is 18.4. The Balaban J connectivity index is 1.93. The van der Waals surface area contributed by atoms with Crippen molar-refractivity contribution in [2.75, 3.05) is 7.11 Å². The van der Waals surface area contributed by atoms with E-state index in [-0.39, 0.29) is 11.7 Å². The molecule has 0 amide bonds. The number of aromatic hydroxyl groups is 1. The summed E-state index contributed by atoms with van der Waals surface area (Å²) in [5.74, 6) is -0.895. The summed E-state index contributed by atoms with van der Waals surface area (Å²) >= 11 is 0. The number of methoxy groups -OCH3 is 1. The highest BCUT2D eigenvalue weighted by Gasteiger charge is 2.19. The van der Waals surface area contributed by atoms with Crippen molar-refractivity contribution in [2.24, 2.45) is 4.99 Å². The van der Waals surface area contributed by atoms with E-state index in [1.807, 2.05) is 30.3 Å². The van der Waals surface area contributed by atoms with Gasteiger partial charge in [-0.15, -0.1) is 0 Å². The van der Waals surface area contributed by atoms with Gasteiger partial charge in [-0.1, -0.05) is 36.4 Å². The van der Waals surface area contributed by atoms with Crippen LogP contribution in [0.5, 0.6) is 5.88 Å². The summed E-state index contributed by atoms with van der Waals surface area (Å²) in [7, 11) is 1.31. The number of carbonyl (C=O) groups excluding carboxylic acids is 1. The molecule has 4 rings (SSSR count). The molecule has 0 radical (unpaired) electrons. The largest absolute Gasteiger partial charge is 0.494 e. The summed E-state index contributed by atoms with van der Waals surface area (Å²) in [5, 5.41) is 11.4. The first-order valence-electron chi connectivity index (χ1n) is 8.90. The predicted molar refractivity (Wildman–Crippen MR) is 109 cm³/mol. The lowest BCUT2D eigenvalue weighted by molar-refractivity contribution is 0.0601. The molecule has 6 heteroatoms. The van der Waals surface area contributed by atoms with Gasteiger partial charge >= 0.3 is 5.97 Å². The van der Waals surface area contributed by atoms with Crippen LogP contribution in [0, 0.1) is 5.82 Å². The topological polar surface area (TPSA) is 74.7 Å². The van der Waals surface area contributed by atoms with Gasteiger partial charge in [-0.3, -0.25) is 0 Å². The first-order chi connectivity index (χ1) is 14.1. The third-order valence-corrected chi connectivity index (χ3v) is 4.55. The van der Waals surface area contributed by atoms with Crippen molar-refractivity contribution in [1.29, 1.82) is 0 Å². The van der Waals surface area contributed by atoms with Gasteiger partial charge in [0.25, 0.3) is 0 Å². The van der Waals surface area contributed by atoms with Crippen molar-refractivity contribution in [1.82, 2.24) is 4.98 Å². The predicted octanol–water partition coefficient (Wildman–Crippen LogP) is 4.97. The highest BCUT2D eigenvalue weighted by atomic mass is 19.1. The smallest absolute Gasteiger partial charge is 0.337 e. The number of fused-ring (bicyclic) bond motifs is 1. The number of benzene rings is 3. The van der Waals surface area contributed by atoms with Gasteiger partial charge in [0.05, 0.1) is 29.6 Å². The molecule has 0 atom stereocenters. The lowest BCUT2D eigenvalue weighted by Gasteiger charge is -2.08. The number of esters is 1. The van der Waals surface area contributed by atoms with Crippen LogP contribution in [-0.2, 0) is 4.74 Å². The summed E-state index contributed by atoms with van der Waals surface area (Å²) in [6.45, 7) is 0. The summed E-state index contributed by atoms with van der Waals surface area (Å²) < 4.78 is 18.1. The zero-order valence-corrected chi connectivity index (χ0v) is 15.5. The van der Waals surface area contributed by atoms with Gasteiger partial charge in [0.15, 0.2) is 5.88 Å². The highest BCUT2D eigenvalue weighted by molar-refractivity contribution is 6.22. The number of nitrogens with one attached hydrogen (secondary N) is 1. The molecular formula is C23H17FN2O3. The van der Waals surface area contributed by atoms with Crippen molar-refractivity contribution in [3.8, 4) is 5.88 Å². The van der Waals surface area contributed by atoms with E-state index in [0.29, 0.717) is 33.4 Å². The molecule has 4 aromatic rings. The lowest BCUT2D eigenvalue weighted by Crippen LogP contribution is -2.03. The fourth-order valence-corrected chi connectivity index (χ4v) is 3.17. The van der Waals surface area contributed by atoms with Crippen LogP contribution in [0.4, 0.5) is 10.1 Å². The number of H-pyrrole nitrogens is 1. The van der Waals surface area contributed by atoms with Gasteiger partial charge < -0.3 is 14.8 Å². The van der Waals surface area contributed by atoms with Gasteiger partial charge in [0, 0.05) is 16.5 Å². The number of aromatic amines is 1. The first-order valence-corrected chi connectivity index (χ1v) is 8.90. The maximum Gasteiger partial charge on any atom is 0.337 e. The maximum atomic E-state index is 13.3. The van der Waals surface area contributed by atoms with Crippen molar-refractivity contribution >= 4 is 28.3 Å². The van der Waals surface area contributed by atoms with E-state index < -0.39 is 5.97 Å². The van der Waals surface area contributed by atoms with E-state index in [0.717, 1.165) is 5.56 Å². The summed E-state index contributed by atoms with van der Waals surface area (Å²) in [6, 6.07) is 20.2. The monoisotopic (exact) mass is 388 g/mol. The maximum absolute atomic E-state index is 13.3. The van der Waals surface area contributed by atoms with Gasteiger partial charge in [0.1, 0.15) is 5.82 Å². The second-order valence-electron chi connectivity index (χ2n) is 6.40. The summed E-state index contributed by atoms with van der Waals surface area (Å²) in [4.78, 5) is 19.4. The van der Waals surface area contributed by atoms with Crippen LogP contribution in [0.1, 0.15) is 21.5 Å². The molecule has 2 N–H and O–H groups in total. The average Bonchev–Trinajstić information content (AvgIpc) is 3.08. The fourth-order valence-electron chi connectivity index (χ4n) is 3.17. The number of hydrogen-bond acceptors (Lipinski definition) is 4. The molecule has 0 aliphatic rings. The zero-order valence-electron chi connectivity index (χ0n) is 15.5. The molecule has 0 saturated heterocycles. The normalized spacial score (nSPS) is 11.6. The number of ether oxygens (including phenoxy) is 1. The molecule has 3 aromatic carbocycles. The molecule has 0 saturated carbocycles. The molecule has 144 valence electrons. The zero-order chi connectivity index (χ0) is 20.4. The molecule has 0 bridgehead atoms. The fraction of sp³-hybridized carbons (Fsp3) is 0.0435. The minimum absolute atomic E-state index is 0.0771. The molecule has 1 aromatic heterocycles. The number of carbonyl (C=O) groups is 1. The Hall–Kier alpha value is -3.93. The Morgan fingerprint density at radius 3 is 2.41 bits per heavy atom. The van der Waals surface area contributed by atoms with Crippen LogP contribution in [-0.4, -0.2) is 28.9 Å². The third-order valence-electron chi connectivity index (χ3n) is 4.55. The Bertz CT molecular complexity index is 1210. The molecule has 29 heavy (non-hydrogen) atoms. The van der Waals surface area contributed by atoms with Gasteiger partial charge in [-0.05, 0) is 36.4 Å². The van der Waals surface area contributed by atoms with Crippen LogP contribution < -0.4 is 0 Å². The van der Waals surface area contributed by atoms with Crippen LogP contribution in [0.15, 0.2) is 77.8 Å². The van der Waals surface area contributed by atoms with Crippen LogP contribution in [0.3, 0.4) is 0 Å². The standard InChI is InChI=1S/C23H17FN2O3/c1-29-23(28)15-7-12-18-19(13-15)26-22(27)20(18)21(14-5-3-2-4-6-14)25-17-10-8-16(24)9-11-17/h2-13,26-27H,1H3. The van der Waals surface area contributed by atoms with Crippen molar-refractivity contribution in [3.63, 3.8) is 0 Å². The van der Waals surface area contributed by atoms with Crippen LogP contribution >= 0.6 is 0 Å². The Morgan fingerprint density at radius 1 is 1.00 bits per heavy atom. The highest BCUT2D eigenvalue weighted by Crippen LogP contribution is 2.32. The van der Waals surface area contributed by atoms with E-state index in [1.54, 1.807) is 30.3 Å². The number of nitrogens with zero attached hydrogens (tertiary/aromatic N) is 1. The van der Waals surface area contributed by atoms with E-state index in [9.17, 15) is 14.3 Å². The Labute approximate surface area is 166 Å². The molecule has 5 nitrogen and oxygen atoms in total. The second-order valence-corrected chi connectivity index (χ2v) is 6.40. The average molecular weight is 388 g/mol. The minimum atomic E-state index is -0.467. The molecule has 0 aliphatic heterocycles. The molecule has 0 spiro atoms. The molecule has 0 aliphatic carbocycles. The number of aliphatic imine (C=N–C) groups is 1. The third kappa shape index (κ3) is 3.60. The summed E-state index contributed by atoms with van der Waals surface area (Å²) in [5.41, 5.74) is 3.28. The van der Waals surface area contributed by atoms with E-state index in [2.05, 4.69) is 9.98 Å². The number of hydrogen-bond donors (Lipinski definition) is 2. The SMILES string of the molecule is COC(=O)c1ccc2c(C(=Nc3ccc(F)cc3)c3ccccc3)c(O)[nH]c2c1. The Morgan fingerprint density at radius 2 is 1.72 bits per heavy atom. The molecule has 0 fully saturated rings. The number of aromatic nitrogens is 1. The number of rotatable bonds is 4. The number of halogens is 1. The molecule has 1 heterocycles. The van der Waals surface area contributed by atoms with Gasteiger partial charge in [0.2, 0.25) is 0 Å². The van der Waals surface area contributed by atoms with Crippen LogP contribution in [0.2, 0.25) is 0 Å². The lowest BCUT2D eigenvalue weighted by atomic mass is 10.00. The van der Waals surface area contributed by atoms with Gasteiger partial charge in [-0.2, -0.15) is 0 Å². The van der Waals surface area contributed by atoms with Crippen molar-refractivity contribution in [2.45, 2.75) is 0 Å². The van der Waals surface area contributed by atoms with E-state index in [4.69, 9.17) is 4.74 Å². The van der Waals surface area contributed by atoms with E-state index in [1.165, 1.54) is 19.2 Å². The summed E-state index contributed by atoms with van der Waals surface area (Å²) in [6.07, 6.45) is 0. The Kier molecular flexibility index (Phi) is 4.83. The quantitative estimate of drug-likeness (QED) is 0.383. The van der Waals surface area contributed by atoms with Crippen molar-refractivity contribution in [3.05, 3.63) is 95.3 Å². The second kappa shape index (κ2) is 7.59. The minimum Gasteiger partial charge on any atom is -0.494 e. The molecular weight excluding hydrogens is 371 g/mol. The van der Waals surface area contributed by atoms with Crippen molar-refractivity contribution < 1.29 is 19.0 Å². The molecule has 0 unspecified atom stereocenters. The van der Waals surface area contributed by atoms with Crippen LogP contribution in [0.25, 0.3) is 10.9 Å². The van der Waals surface area contributed by atoms with E-state index >= 15 is 0 Å². The van der Waals surface area contributed by atoms with Gasteiger partial charge in [-0.25, -0.2) is 14.2 Å².